The molecule has 0 atom stereocenters. The molecule has 1 aromatic carbocycles. The molecule has 3 nitrogen and oxygen atoms in total. The predicted molar refractivity (Wildman–Crippen MR) is 75.9 cm³/mol. The average Bonchev–Trinajstić information content (AvgIpc) is 2.29. The molecule has 3 heteroatoms. The number of anilines is 1. The van der Waals surface area contributed by atoms with E-state index < -0.39 is 0 Å². The molecule has 0 radical (unpaired) electrons. The summed E-state index contributed by atoms with van der Waals surface area (Å²) in [6.45, 7) is 6.32. The molecular formula is C14H25N3. The van der Waals surface area contributed by atoms with E-state index in [2.05, 4.69) is 67.4 Å². The highest BCUT2D eigenvalue weighted by atomic mass is 15.1. The van der Waals surface area contributed by atoms with E-state index in [4.69, 9.17) is 0 Å². The lowest BCUT2D eigenvalue weighted by Gasteiger charge is -2.20. The van der Waals surface area contributed by atoms with E-state index in [-0.39, 0.29) is 0 Å². The molecule has 1 N–H and O–H groups in total. The highest BCUT2D eigenvalue weighted by Gasteiger charge is 1.99. The summed E-state index contributed by atoms with van der Waals surface area (Å²) in [6, 6.07) is 8.67. The molecule has 0 aliphatic heterocycles. The lowest BCUT2D eigenvalue weighted by atomic mass is 10.2. The molecule has 0 aromatic heterocycles. The van der Waals surface area contributed by atoms with Crippen molar-refractivity contribution < 1.29 is 0 Å². The van der Waals surface area contributed by atoms with Crippen molar-refractivity contribution in [3.8, 4) is 0 Å². The van der Waals surface area contributed by atoms with Gasteiger partial charge in [0.15, 0.2) is 0 Å². The number of nitrogens with zero attached hydrogens (tertiary/aromatic N) is 2. The van der Waals surface area contributed by atoms with Crippen LogP contribution in [0, 0.1) is 6.92 Å². The number of likely N-dealkylation sites (N-methyl/N-ethyl adjacent to an activating group) is 2. The van der Waals surface area contributed by atoms with Gasteiger partial charge in [0.05, 0.1) is 0 Å². The third-order valence-corrected chi connectivity index (χ3v) is 2.83. The van der Waals surface area contributed by atoms with Gasteiger partial charge in [-0.05, 0) is 33.2 Å². The van der Waals surface area contributed by atoms with E-state index in [1.165, 1.54) is 11.3 Å². The average molecular weight is 235 g/mol. The highest BCUT2D eigenvalue weighted by molar-refractivity contribution is 5.46. The molecule has 1 aromatic rings. The van der Waals surface area contributed by atoms with E-state index in [0.29, 0.717) is 0 Å². The van der Waals surface area contributed by atoms with E-state index in [1.807, 2.05) is 0 Å². The fourth-order valence-corrected chi connectivity index (χ4v) is 1.60. The number of rotatable bonds is 7. The summed E-state index contributed by atoms with van der Waals surface area (Å²) < 4.78 is 0. The Hall–Kier alpha value is -1.06. The normalized spacial score (nSPS) is 10.9. The molecule has 0 aliphatic carbocycles. The third kappa shape index (κ3) is 5.71. The van der Waals surface area contributed by atoms with Gasteiger partial charge in [-0.2, -0.15) is 0 Å². The maximum atomic E-state index is 3.45. The predicted octanol–water partition coefficient (Wildman–Crippen LogP) is 1.58. The van der Waals surface area contributed by atoms with Crippen LogP contribution in [0.2, 0.25) is 0 Å². The Balaban J connectivity index is 2.21. The first kappa shape index (κ1) is 14.0. The Morgan fingerprint density at radius 3 is 2.12 bits per heavy atom. The maximum Gasteiger partial charge on any atom is 0.0364 e. The SMILES string of the molecule is Cc1ccc(N(C)CCNCCN(C)C)cc1. The van der Waals surface area contributed by atoms with Crippen molar-refractivity contribution in [2.24, 2.45) is 0 Å². The van der Waals surface area contributed by atoms with Crippen LogP contribution < -0.4 is 10.2 Å². The van der Waals surface area contributed by atoms with Crippen molar-refractivity contribution in [1.29, 1.82) is 0 Å². The summed E-state index contributed by atoms with van der Waals surface area (Å²) >= 11 is 0. The Labute approximate surface area is 105 Å². The second kappa shape index (κ2) is 7.30. The van der Waals surface area contributed by atoms with Crippen molar-refractivity contribution in [2.75, 3.05) is 52.2 Å². The first-order valence-corrected chi connectivity index (χ1v) is 6.23. The molecule has 1 rings (SSSR count). The van der Waals surface area contributed by atoms with Crippen molar-refractivity contribution in [3.63, 3.8) is 0 Å². The number of nitrogens with one attached hydrogen (secondary N) is 1. The molecule has 0 aliphatic rings. The van der Waals surface area contributed by atoms with Crippen molar-refractivity contribution in [1.82, 2.24) is 10.2 Å². The Kier molecular flexibility index (Phi) is 6.01. The highest BCUT2D eigenvalue weighted by Crippen LogP contribution is 2.12. The summed E-state index contributed by atoms with van der Waals surface area (Å²) in [5.41, 5.74) is 2.59. The van der Waals surface area contributed by atoms with Crippen LogP contribution in [0.4, 0.5) is 5.69 Å². The van der Waals surface area contributed by atoms with E-state index in [1.54, 1.807) is 0 Å². The van der Waals surface area contributed by atoms with Gasteiger partial charge in [-0.15, -0.1) is 0 Å². The van der Waals surface area contributed by atoms with Gasteiger partial charge in [0, 0.05) is 38.9 Å². The van der Waals surface area contributed by atoms with Crippen LogP contribution in [0.5, 0.6) is 0 Å². The van der Waals surface area contributed by atoms with Gasteiger partial charge in [0.1, 0.15) is 0 Å². The van der Waals surface area contributed by atoms with Crippen LogP contribution in [0.1, 0.15) is 5.56 Å². The molecule has 0 unspecified atom stereocenters. The molecular weight excluding hydrogens is 210 g/mol. The van der Waals surface area contributed by atoms with Gasteiger partial charge < -0.3 is 15.1 Å². The molecule has 0 amide bonds. The number of hydrogen-bond acceptors (Lipinski definition) is 3. The van der Waals surface area contributed by atoms with Gasteiger partial charge in [-0.25, -0.2) is 0 Å². The molecule has 17 heavy (non-hydrogen) atoms. The maximum absolute atomic E-state index is 3.45. The second-order valence-electron chi connectivity index (χ2n) is 4.81. The molecule has 96 valence electrons. The number of hydrogen-bond donors (Lipinski definition) is 1. The standard InChI is InChI=1S/C14H25N3/c1-13-5-7-14(8-6-13)17(4)12-10-15-9-11-16(2)3/h5-8,15H,9-12H2,1-4H3. The molecule has 0 bridgehead atoms. The van der Waals surface area contributed by atoms with Crippen LogP contribution in [0.15, 0.2) is 24.3 Å². The van der Waals surface area contributed by atoms with Gasteiger partial charge >= 0.3 is 0 Å². The van der Waals surface area contributed by atoms with E-state index in [0.717, 1.165) is 26.2 Å². The monoisotopic (exact) mass is 235 g/mol. The Morgan fingerprint density at radius 1 is 0.941 bits per heavy atom. The Morgan fingerprint density at radius 2 is 1.53 bits per heavy atom. The summed E-state index contributed by atoms with van der Waals surface area (Å²) in [6.07, 6.45) is 0. The zero-order valence-electron chi connectivity index (χ0n) is 11.5. The van der Waals surface area contributed by atoms with Crippen molar-refractivity contribution >= 4 is 5.69 Å². The van der Waals surface area contributed by atoms with Gasteiger partial charge in [0.25, 0.3) is 0 Å². The quantitative estimate of drug-likeness (QED) is 0.724. The Bertz CT molecular complexity index is 306. The molecule has 0 heterocycles. The van der Waals surface area contributed by atoms with E-state index in [9.17, 15) is 0 Å². The van der Waals surface area contributed by atoms with Crippen LogP contribution in [-0.2, 0) is 0 Å². The molecule has 0 saturated carbocycles. The number of aryl methyl sites for hydroxylation is 1. The summed E-state index contributed by atoms with van der Waals surface area (Å²) in [5.74, 6) is 0. The van der Waals surface area contributed by atoms with Crippen LogP contribution in [0.3, 0.4) is 0 Å². The third-order valence-electron chi connectivity index (χ3n) is 2.83. The zero-order chi connectivity index (χ0) is 12.7. The second-order valence-corrected chi connectivity index (χ2v) is 4.81. The zero-order valence-corrected chi connectivity index (χ0v) is 11.5. The fraction of sp³-hybridized carbons (Fsp3) is 0.571. The van der Waals surface area contributed by atoms with Gasteiger partial charge in [0.2, 0.25) is 0 Å². The number of benzene rings is 1. The van der Waals surface area contributed by atoms with Crippen molar-refractivity contribution in [2.45, 2.75) is 6.92 Å². The van der Waals surface area contributed by atoms with Crippen LogP contribution >= 0.6 is 0 Å². The smallest absolute Gasteiger partial charge is 0.0364 e. The minimum atomic E-state index is 1.03. The van der Waals surface area contributed by atoms with Crippen molar-refractivity contribution in [3.05, 3.63) is 29.8 Å². The lowest BCUT2D eigenvalue weighted by molar-refractivity contribution is 0.401. The minimum Gasteiger partial charge on any atom is -0.373 e. The summed E-state index contributed by atoms with van der Waals surface area (Å²) in [7, 11) is 6.33. The fourth-order valence-electron chi connectivity index (χ4n) is 1.60. The minimum absolute atomic E-state index is 1.03. The first-order valence-electron chi connectivity index (χ1n) is 6.23. The molecule has 0 fully saturated rings. The van der Waals surface area contributed by atoms with Gasteiger partial charge in [-0.1, -0.05) is 17.7 Å². The topological polar surface area (TPSA) is 18.5 Å². The largest absolute Gasteiger partial charge is 0.373 e. The van der Waals surface area contributed by atoms with Crippen LogP contribution in [-0.4, -0.2) is 52.2 Å². The van der Waals surface area contributed by atoms with E-state index >= 15 is 0 Å². The van der Waals surface area contributed by atoms with Crippen LogP contribution in [0.25, 0.3) is 0 Å². The molecule has 0 saturated heterocycles. The lowest BCUT2D eigenvalue weighted by Crippen LogP contribution is -2.33. The summed E-state index contributed by atoms with van der Waals surface area (Å²) in [5, 5.41) is 3.45. The summed E-state index contributed by atoms with van der Waals surface area (Å²) in [4.78, 5) is 4.47. The first-order chi connectivity index (χ1) is 8.09. The molecule has 0 spiro atoms. The van der Waals surface area contributed by atoms with Gasteiger partial charge in [-0.3, -0.25) is 0 Å².